The molecule has 122 valence electrons. The molecule has 1 unspecified atom stereocenters. The molecule has 0 amide bonds. The lowest BCUT2D eigenvalue weighted by atomic mass is 9.99. The zero-order valence-corrected chi connectivity index (χ0v) is 14.2. The maximum absolute atomic E-state index is 4.46. The first-order valence-corrected chi connectivity index (χ1v) is 8.69. The van der Waals surface area contributed by atoms with Crippen LogP contribution in [0.5, 0.6) is 0 Å². The van der Waals surface area contributed by atoms with Crippen molar-refractivity contribution >= 4 is 5.82 Å². The molecule has 0 bridgehead atoms. The van der Waals surface area contributed by atoms with E-state index in [0.717, 1.165) is 25.3 Å². The molecule has 3 heteroatoms. The van der Waals surface area contributed by atoms with Gasteiger partial charge in [-0.3, -0.25) is 0 Å². The Kier molecular flexibility index (Phi) is 5.29. The van der Waals surface area contributed by atoms with Crippen molar-refractivity contribution in [3.8, 4) is 0 Å². The second-order valence-corrected chi connectivity index (χ2v) is 6.65. The van der Waals surface area contributed by atoms with Crippen LogP contribution in [-0.4, -0.2) is 30.2 Å². The van der Waals surface area contributed by atoms with Crippen LogP contribution in [-0.2, 0) is 6.42 Å². The molecule has 3 rings (SSSR count). The second kappa shape index (κ2) is 7.60. The number of piperidine rings is 1. The van der Waals surface area contributed by atoms with Crippen molar-refractivity contribution in [2.45, 2.75) is 45.2 Å². The van der Waals surface area contributed by atoms with Gasteiger partial charge in [0.2, 0.25) is 0 Å². The summed E-state index contributed by atoms with van der Waals surface area (Å²) in [6, 6.07) is 16.0. The molecule has 0 radical (unpaired) electrons. The highest BCUT2D eigenvalue weighted by Crippen LogP contribution is 2.18. The van der Waals surface area contributed by atoms with Crippen LogP contribution in [0.4, 0.5) is 5.82 Å². The topological polar surface area (TPSA) is 28.2 Å². The van der Waals surface area contributed by atoms with Gasteiger partial charge in [0.25, 0.3) is 0 Å². The minimum atomic E-state index is 0.516. The van der Waals surface area contributed by atoms with Crippen molar-refractivity contribution < 1.29 is 0 Å². The van der Waals surface area contributed by atoms with Gasteiger partial charge in [-0.25, -0.2) is 4.98 Å². The highest BCUT2D eigenvalue weighted by atomic mass is 15.2. The number of aryl methyl sites for hydroxylation is 1. The summed E-state index contributed by atoms with van der Waals surface area (Å²) in [6.07, 6.45) is 5.36. The Morgan fingerprint density at radius 1 is 1.13 bits per heavy atom. The minimum Gasteiger partial charge on any atom is -0.357 e. The Balaban J connectivity index is 1.48. The molecule has 2 aromatic rings. The first-order chi connectivity index (χ1) is 11.2. The smallest absolute Gasteiger partial charge is 0.128 e. The zero-order valence-electron chi connectivity index (χ0n) is 14.2. The average molecular weight is 309 g/mol. The lowest BCUT2D eigenvalue weighted by Crippen LogP contribution is -2.46. The molecule has 1 aliphatic rings. The molecule has 0 aliphatic carbocycles. The van der Waals surface area contributed by atoms with E-state index in [4.69, 9.17) is 0 Å². The van der Waals surface area contributed by atoms with E-state index in [9.17, 15) is 0 Å². The molecule has 3 nitrogen and oxygen atoms in total. The van der Waals surface area contributed by atoms with Gasteiger partial charge >= 0.3 is 0 Å². The van der Waals surface area contributed by atoms with E-state index in [1.165, 1.54) is 24.0 Å². The summed E-state index contributed by atoms with van der Waals surface area (Å²) in [5.41, 5.74) is 2.85. The molecule has 23 heavy (non-hydrogen) atoms. The van der Waals surface area contributed by atoms with E-state index < -0.39 is 0 Å². The summed E-state index contributed by atoms with van der Waals surface area (Å²) < 4.78 is 0. The standard InChI is InChI=1S/C20H27N3/c1-16-7-3-4-8-18(16)15-17(2)22-19-10-13-23(14-11-19)20-9-5-6-12-21-20/h3-9,12,17,19,22H,10-11,13-15H2,1-2H3. The number of nitrogens with zero attached hydrogens (tertiary/aromatic N) is 2. The van der Waals surface area contributed by atoms with Crippen molar-refractivity contribution in [2.24, 2.45) is 0 Å². The van der Waals surface area contributed by atoms with Gasteiger partial charge in [0, 0.05) is 31.4 Å². The number of anilines is 1. The van der Waals surface area contributed by atoms with E-state index in [0.29, 0.717) is 12.1 Å². The van der Waals surface area contributed by atoms with Crippen molar-refractivity contribution in [3.05, 3.63) is 59.8 Å². The summed E-state index contributed by atoms with van der Waals surface area (Å²) in [4.78, 5) is 6.85. The Bertz CT molecular complexity index is 603. The van der Waals surface area contributed by atoms with Crippen LogP contribution in [0.25, 0.3) is 0 Å². The fourth-order valence-corrected chi connectivity index (χ4v) is 3.45. The Hall–Kier alpha value is -1.87. The fourth-order valence-electron chi connectivity index (χ4n) is 3.45. The normalized spacial score (nSPS) is 17.2. The predicted octanol–water partition coefficient (Wildman–Crippen LogP) is 3.58. The van der Waals surface area contributed by atoms with Crippen LogP contribution < -0.4 is 10.2 Å². The largest absolute Gasteiger partial charge is 0.357 e. The van der Waals surface area contributed by atoms with Crippen molar-refractivity contribution in [1.82, 2.24) is 10.3 Å². The molecule has 1 N–H and O–H groups in total. The quantitative estimate of drug-likeness (QED) is 0.915. The van der Waals surface area contributed by atoms with E-state index in [1.54, 1.807) is 0 Å². The third-order valence-corrected chi connectivity index (χ3v) is 4.78. The molecule has 2 heterocycles. The van der Waals surface area contributed by atoms with Crippen molar-refractivity contribution in [1.29, 1.82) is 0 Å². The summed E-state index contributed by atoms with van der Waals surface area (Å²) in [6.45, 7) is 6.68. The lowest BCUT2D eigenvalue weighted by molar-refractivity contribution is 0.374. The van der Waals surface area contributed by atoms with E-state index in [2.05, 4.69) is 65.4 Å². The first kappa shape index (κ1) is 16.0. The van der Waals surface area contributed by atoms with Crippen LogP contribution in [0.3, 0.4) is 0 Å². The molecular weight excluding hydrogens is 282 g/mol. The maximum Gasteiger partial charge on any atom is 0.128 e. The third-order valence-electron chi connectivity index (χ3n) is 4.78. The lowest BCUT2D eigenvalue weighted by Gasteiger charge is -2.34. The number of pyridine rings is 1. The van der Waals surface area contributed by atoms with E-state index in [1.807, 2.05) is 12.3 Å². The monoisotopic (exact) mass is 309 g/mol. The highest BCUT2D eigenvalue weighted by molar-refractivity contribution is 5.38. The number of rotatable bonds is 5. The van der Waals surface area contributed by atoms with Crippen LogP contribution in [0.15, 0.2) is 48.7 Å². The summed E-state index contributed by atoms with van der Waals surface area (Å²) in [5.74, 6) is 1.11. The number of aromatic nitrogens is 1. The Labute approximate surface area is 139 Å². The second-order valence-electron chi connectivity index (χ2n) is 6.65. The molecule has 1 fully saturated rings. The maximum atomic E-state index is 4.46. The number of hydrogen-bond donors (Lipinski definition) is 1. The van der Waals surface area contributed by atoms with Gasteiger partial charge in [0.05, 0.1) is 0 Å². The minimum absolute atomic E-state index is 0.516. The van der Waals surface area contributed by atoms with Gasteiger partial charge in [0.15, 0.2) is 0 Å². The summed E-state index contributed by atoms with van der Waals surface area (Å²) in [5, 5.41) is 3.82. The summed E-state index contributed by atoms with van der Waals surface area (Å²) in [7, 11) is 0. The van der Waals surface area contributed by atoms with Crippen LogP contribution in [0.1, 0.15) is 30.9 Å². The van der Waals surface area contributed by atoms with Crippen LogP contribution >= 0.6 is 0 Å². The first-order valence-electron chi connectivity index (χ1n) is 8.69. The zero-order chi connectivity index (χ0) is 16.1. The molecular formula is C20H27N3. The third kappa shape index (κ3) is 4.32. The molecule has 1 aromatic heterocycles. The molecule has 0 spiro atoms. The van der Waals surface area contributed by atoms with Crippen LogP contribution in [0.2, 0.25) is 0 Å². The fraction of sp³-hybridized carbons (Fsp3) is 0.450. The average Bonchev–Trinajstić information content (AvgIpc) is 2.58. The Morgan fingerprint density at radius 2 is 1.87 bits per heavy atom. The van der Waals surface area contributed by atoms with E-state index in [-0.39, 0.29) is 0 Å². The number of hydrogen-bond acceptors (Lipinski definition) is 3. The van der Waals surface area contributed by atoms with Gasteiger partial charge in [0.1, 0.15) is 5.82 Å². The summed E-state index contributed by atoms with van der Waals surface area (Å²) >= 11 is 0. The molecule has 1 aromatic carbocycles. The van der Waals surface area contributed by atoms with Gasteiger partial charge in [-0.05, 0) is 56.4 Å². The van der Waals surface area contributed by atoms with Gasteiger partial charge in [-0.2, -0.15) is 0 Å². The number of nitrogens with one attached hydrogen (secondary N) is 1. The molecule has 0 saturated carbocycles. The predicted molar refractivity (Wildman–Crippen MR) is 97.0 cm³/mol. The molecule has 1 atom stereocenters. The molecule has 1 aliphatic heterocycles. The number of benzene rings is 1. The van der Waals surface area contributed by atoms with Gasteiger partial charge in [-0.15, -0.1) is 0 Å². The van der Waals surface area contributed by atoms with Gasteiger partial charge < -0.3 is 10.2 Å². The van der Waals surface area contributed by atoms with Crippen molar-refractivity contribution in [2.75, 3.05) is 18.0 Å². The van der Waals surface area contributed by atoms with Crippen molar-refractivity contribution in [3.63, 3.8) is 0 Å². The van der Waals surface area contributed by atoms with Crippen LogP contribution in [0, 0.1) is 6.92 Å². The molecule has 1 saturated heterocycles. The Morgan fingerprint density at radius 3 is 2.57 bits per heavy atom. The SMILES string of the molecule is Cc1ccccc1CC(C)NC1CCN(c2ccccn2)CC1. The van der Waals surface area contributed by atoms with Gasteiger partial charge in [-0.1, -0.05) is 30.3 Å². The van der Waals surface area contributed by atoms with E-state index >= 15 is 0 Å². The highest BCUT2D eigenvalue weighted by Gasteiger charge is 2.21.